The van der Waals surface area contributed by atoms with Gasteiger partial charge < -0.3 is 0 Å². The Morgan fingerprint density at radius 1 is 1.14 bits per heavy atom. The van der Waals surface area contributed by atoms with E-state index in [4.69, 9.17) is 0 Å². The molecule has 0 aliphatic rings. The summed E-state index contributed by atoms with van der Waals surface area (Å²) in [4.78, 5) is 3.33. The SMILES string of the molecule is Cc1cc(C)c(S(=O)(=O)Nc2nc(C(F)(F)F)cs2)c(C)c1. The van der Waals surface area contributed by atoms with E-state index in [1.165, 1.54) is 0 Å². The van der Waals surface area contributed by atoms with Crippen molar-refractivity contribution in [1.82, 2.24) is 4.98 Å². The van der Waals surface area contributed by atoms with Crippen LogP contribution in [0.15, 0.2) is 22.4 Å². The van der Waals surface area contributed by atoms with Crippen LogP contribution >= 0.6 is 11.3 Å². The van der Waals surface area contributed by atoms with Crippen LogP contribution in [0.3, 0.4) is 0 Å². The van der Waals surface area contributed by atoms with Gasteiger partial charge in [0.25, 0.3) is 10.0 Å². The maximum atomic E-state index is 12.5. The van der Waals surface area contributed by atoms with Gasteiger partial charge in [-0.15, -0.1) is 11.3 Å². The largest absolute Gasteiger partial charge is 0.434 e. The smallest absolute Gasteiger partial charge is 0.255 e. The molecule has 1 aromatic carbocycles. The van der Waals surface area contributed by atoms with E-state index >= 15 is 0 Å². The van der Waals surface area contributed by atoms with Crippen molar-refractivity contribution in [2.24, 2.45) is 0 Å². The highest BCUT2D eigenvalue weighted by atomic mass is 32.2. The fourth-order valence-corrected chi connectivity index (χ4v) is 4.63. The van der Waals surface area contributed by atoms with Crippen LogP contribution in [0.2, 0.25) is 0 Å². The van der Waals surface area contributed by atoms with Crippen molar-refractivity contribution in [3.63, 3.8) is 0 Å². The second kappa shape index (κ2) is 5.54. The zero-order valence-electron chi connectivity index (χ0n) is 11.9. The van der Waals surface area contributed by atoms with Gasteiger partial charge in [0.15, 0.2) is 10.8 Å². The highest BCUT2D eigenvalue weighted by Gasteiger charge is 2.34. The summed E-state index contributed by atoms with van der Waals surface area (Å²) in [7, 11) is -3.99. The molecule has 0 bridgehead atoms. The van der Waals surface area contributed by atoms with Crippen molar-refractivity contribution < 1.29 is 21.6 Å². The summed E-state index contributed by atoms with van der Waals surface area (Å²) < 4.78 is 64.4. The monoisotopic (exact) mass is 350 g/mol. The number of alkyl halides is 3. The summed E-state index contributed by atoms with van der Waals surface area (Å²) in [5.74, 6) is 0. The van der Waals surface area contributed by atoms with Crippen LogP contribution in [0.1, 0.15) is 22.4 Å². The van der Waals surface area contributed by atoms with Gasteiger partial charge in [0.05, 0.1) is 4.90 Å². The molecule has 0 spiro atoms. The van der Waals surface area contributed by atoms with Crippen molar-refractivity contribution in [2.45, 2.75) is 31.8 Å². The second-order valence-electron chi connectivity index (χ2n) is 4.87. The van der Waals surface area contributed by atoms with E-state index in [2.05, 4.69) is 9.71 Å². The summed E-state index contributed by atoms with van der Waals surface area (Å²) in [6.45, 7) is 5.11. The Hall–Kier alpha value is -1.61. The van der Waals surface area contributed by atoms with E-state index in [1.54, 1.807) is 26.0 Å². The highest BCUT2D eigenvalue weighted by Crippen LogP contribution is 2.33. The van der Waals surface area contributed by atoms with Gasteiger partial charge in [-0.05, 0) is 31.9 Å². The summed E-state index contributed by atoms with van der Waals surface area (Å²) in [5, 5.41) is 0.457. The lowest BCUT2D eigenvalue weighted by Crippen LogP contribution is -2.16. The fraction of sp³-hybridized carbons (Fsp3) is 0.308. The lowest BCUT2D eigenvalue weighted by atomic mass is 10.1. The van der Waals surface area contributed by atoms with E-state index in [9.17, 15) is 21.6 Å². The van der Waals surface area contributed by atoms with E-state index in [1.807, 2.05) is 6.92 Å². The Morgan fingerprint density at radius 3 is 2.14 bits per heavy atom. The number of halogens is 3. The Balaban J connectivity index is 2.39. The fourth-order valence-electron chi connectivity index (χ4n) is 2.21. The number of aryl methyl sites for hydroxylation is 3. The maximum absolute atomic E-state index is 12.5. The number of thiazole rings is 1. The molecule has 9 heteroatoms. The van der Waals surface area contributed by atoms with Crippen LogP contribution in [0.5, 0.6) is 0 Å². The summed E-state index contributed by atoms with van der Waals surface area (Å²) >= 11 is 0.591. The van der Waals surface area contributed by atoms with Gasteiger partial charge in [-0.2, -0.15) is 13.2 Å². The van der Waals surface area contributed by atoms with Gasteiger partial charge in [-0.1, -0.05) is 17.7 Å². The molecular weight excluding hydrogens is 337 g/mol. The van der Waals surface area contributed by atoms with Crippen molar-refractivity contribution in [3.05, 3.63) is 39.9 Å². The number of aromatic nitrogens is 1. The predicted octanol–water partition coefficient (Wildman–Crippen LogP) is 3.89. The van der Waals surface area contributed by atoms with Gasteiger partial charge >= 0.3 is 6.18 Å². The average molecular weight is 350 g/mol. The first-order valence-electron chi connectivity index (χ1n) is 6.14. The third-order valence-corrected chi connectivity index (χ3v) is 5.42. The van der Waals surface area contributed by atoms with Crippen LogP contribution in [0.25, 0.3) is 0 Å². The van der Waals surface area contributed by atoms with E-state index in [0.29, 0.717) is 22.5 Å². The van der Waals surface area contributed by atoms with Crippen LogP contribution in [0.4, 0.5) is 18.3 Å². The minimum absolute atomic E-state index is 0.0573. The summed E-state index contributed by atoms with van der Waals surface area (Å²) in [6.07, 6.45) is -4.60. The van der Waals surface area contributed by atoms with E-state index < -0.39 is 21.9 Å². The molecule has 0 amide bonds. The average Bonchev–Trinajstić information content (AvgIpc) is 2.73. The van der Waals surface area contributed by atoms with Crippen molar-refractivity contribution in [1.29, 1.82) is 0 Å². The van der Waals surface area contributed by atoms with Crippen LogP contribution in [0, 0.1) is 20.8 Å². The molecule has 120 valence electrons. The molecule has 1 aromatic heterocycles. The number of anilines is 1. The Kier molecular flexibility index (Phi) is 4.22. The van der Waals surface area contributed by atoms with Crippen LogP contribution < -0.4 is 4.72 Å². The van der Waals surface area contributed by atoms with Crippen molar-refractivity contribution >= 4 is 26.5 Å². The quantitative estimate of drug-likeness (QED) is 0.914. The molecule has 0 aliphatic heterocycles. The molecule has 0 saturated carbocycles. The van der Waals surface area contributed by atoms with Crippen LogP contribution in [-0.4, -0.2) is 13.4 Å². The van der Waals surface area contributed by atoms with Crippen molar-refractivity contribution in [3.8, 4) is 0 Å². The summed E-state index contributed by atoms with van der Waals surface area (Å²) in [5.41, 5.74) is 0.838. The number of hydrogen-bond donors (Lipinski definition) is 1. The number of hydrogen-bond acceptors (Lipinski definition) is 4. The zero-order chi connectivity index (χ0) is 16.7. The lowest BCUT2D eigenvalue weighted by molar-refractivity contribution is -0.140. The maximum Gasteiger partial charge on any atom is 0.434 e. The normalized spacial score (nSPS) is 12.5. The molecule has 22 heavy (non-hydrogen) atoms. The first kappa shape index (κ1) is 16.8. The molecular formula is C13H13F3N2O2S2. The van der Waals surface area contributed by atoms with Gasteiger partial charge in [-0.3, -0.25) is 4.72 Å². The number of sulfonamides is 1. The second-order valence-corrected chi connectivity index (χ2v) is 7.35. The van der Waals surface area contributed by atoms with Gasteiger partial charge in [0.2, 0.25) is 0 Å². The Morgan fingerprint density at radius 2 is 1.68 bits per heavy atom. The lowest BCUT2D eigenvalue weighted by Gasteiger charge is -2.12. The number of rotatable bonds is 3. The molecule has 1 heterocycles. The highest BCUT2D eigenvalue weighted by molar-refractivity contribution is 7.93. The molecule has 1 N–H and O–H groups in total. The van der Waals surface area contributed by atoms with Gasteiger partial charge in [0.1, 0.15) is 0 Å². The molecule has 0 atom stereocenters. The Labute approximate surface area is 130 Å². The molecule has 0 saturated heterocycles. The number of nitrogens with one attached hydrogen (secondary N) is 1. The molecule has 2 aromatic rings. The topological polar surface area (TPSA) is 59.1 Å². The molecule has 0 unspecified atom stereocenters. The standard InChI is InChI=1S/C13H13F3N2O2S2/c1-7-4-8(2)11(9(3)5-7)22(19,20)18-12-17-10(6-21-12)13(14,15)16/h4-6H,1-3H3,(H,17,18). The molecule has 4 nitrogen and oxygen atoms in total. The Bertz CT molecular complexity index is 788. The third kappa shape index (κ3) is 3.41. The minimum atomic E-state index is -4.60. The predicted molar refractivity (Wildman–Crippen MR) is 78.6 cm³/mol. The van der Waals surface area contributed by atoms with E-state index in [-0.39, 0.29) is 10.0 Å². The molecule has 2 rings (SSSR count). The first-order valence-corrected chi connectivity index (χ1v) is 8.50. The summed E-state index contributed by atoms with van der Waals surface area (Å²) in [6, 6.07) is 3.40. The number of nitrogens with zero attached hydrogens (tertiary/aromatic N) is 1. The van der Waals surface area contributed by atoms with Gasteiger partial charge in [0, 0.05) is 5.38 Å². The number of benzene rings is 1. The van der Waals surface area contributed by atoms with Gasteiger partial charge in [-0.25, -0.2) is 13.4 Å². The molecule has 0 aliphatic carbocycles. The molecule has 0 radical (unpaired) electrons. The van der Waals surface area contributed by atoms with E-state index in [0.717, 1.165) is 10.9 Å². The minimum Gasteiger partial charge on any atom is -0.255 e. The van der Waals surface area contributed by atoms with Crippen LogP contribution in [-0.2, 0) is 16.2 Å². The van der Waals surface area contributed by atoms with Crippen molar-refractivity contribution in [2.75, 3.05) is 4.72 Å². The molecule has 0 fully saturated rings. The zero-order valence-corrected chi connectivity index (χ0v) is 13.6. The first-order chi connectivity index (χ1) is 10.0. The third-order valence-electron chi connectivity index (χ3n) is 2.89.